The molecule has 1 unspecified atom stereocenters. The van der Waals surface area contributed by atoms with Crippen LogP contribution in [0, 0.1) is 5.82 Å². The number of benzene rings is 1. The number of carbonyl (C=O) groups excluding carboxylic acids is 2. The second kappa shape index (κ2) is 5.13. The van der Waals surface area contributed by atoms with Crippen molar-refractivity contribution in [1.29, 1.82) is 0 Å². The molecule has 1 saturated carbocycles. The molecule has 2 amide bonds. The van der Waals surface area contributed by atoms with Crippen LogP contribution in [0.2, 0.25) is 0 Å². The summed E-state index contributed by atoms with van der Waals surface area (Å²) >= 11 is 0. The first-order chi connectivity index (χ1) is 10.0. The van der Waals surface area contributed by atoms with Crippen molar-refractivity contribution >= 4 is 11.8 Å². The molecular formula is C16H19FN2O2. The second-order valence-electron chi connectivity index (χ2n) is 6.00. The summed E-state index contributed by atoms with van der Waals surface area (Å²) in [4.78, 5) is 26.4. The summed E-state index contributed by atoms with van der Waals surface area (Å²) in [7, 11) is 0. The Bertz CT molecular complexity index is 564. The third kappa shape index (κ3) is 2.41. The van der Waals surface area contributed by atoms with Gasteiger partial charge in [-0.1, -0.05) is 25.0 Å². The van der Waals surface area contributed by atoms with E-state index in [1.807, 2.05) is 6.92 Å². The number of carbonyl (C=O) groups is 2. The van der Waals surface area contributed by atoms with Crippen molar-refractivity contribution in [3.8, 4) is 0 Å². The van der Waals surface area contributed by atoms with Crippen molar-refractivity contribution in [2.75, 3.05) is 6.54 Å². The normalized spacial score (nSPS) is 22.5. The van der Waals surface area contributed by atoms with E-state index in [0.717, 1.165) is 18.4 Å². The van der Waals surface area contributed by atoms with Crippen LogP contribution in [-0.4, -0.2) is 28.8 Å². The van der Waals surface area contributed by atoms with Gasteiger partial charge in [0, 0.05) is 0 Å². The van der Waals surface area contributed by atoms with Crippen molar-refractivity contribution in [2.24, 2.45) is 0 Å². The first-order valence-electron chi connectivity index (χ1n) is 7.39. The molecule has 1 aromatic carbocycles. The summed E-state index contributed by atoms with van der Waals surface area (Å²) in [5.41, 5.74) is 0.136. The van der Waals surface area contributed by atoms with Crippen molar-refractivity contribution in [1.82, 2.24) is 10.2 Å². The molecule has 1 saturated heterocycles. The molecule has 21 heavy (non-hydrogen) atoms. The molecule has 1 atom stereocenters. The molecule has 1 aromatic rings. The van der Waals surface area contributed by atoms with E-state index in [1.165, 1.54) is 12.1 Å². The quantitative estimate of drug-likeness (QED) is 0.907. The zero-order chi connectivity index (χ0) is 15.0. The Balaban J connectivity index is 1.87. The minimum Gasteiger partial charge on any atom is -0.340 e. The maximum absolute atomic E-state index is 13.0. The Labute approximate surface area is 123 Å². The van der Waals surface area contributed by atoms with Gasteiger partial charge >= 0.3 is 0 Å². The van der Waals surface area contributed by atoms with E-state index in [1.54, 1.807) is 17.0 Å². The van der Waals surface area contributed by atoms with Gasteiger partial charge in [0.2, 0.25) is 11.8 Å². The summed E-state index contributed by atoms with van der Waals surface area (Å²) < 4.78 is 13.0. The zero-order valence-corrected chi connectivity index (χ0v) is 12.1. The van der Waals surface area contributed by atoms with E-state index in [0.29, 0.717) is 12.8 Å². The molecule has 4 nitrogen and oxygen atoms in total. The maximum Gasteiger partial charge on any atom is 0.249 e. The molecule has 1 N–H and O–H groups in total. The molecular weight excluding hydrogens is 271 g/mol. The zero-order valence-electron chi connectivity index (χ0n) is 12.1. The molecule has 3 rings (SSSR count). The van der Waals surface area contributed by atoms with Crippen LogP contribution in [0.3, 0.4) is 0 Å². The third-order valence-electron chi connectivity index (χ3n) is 4.64. The highest BCUT2D eigenvalue weighted by molar-refractivity contribution is 5.98. The van der Waals surface area contributed by atoms with Crippen molar-refractivity contribution < 1.29 is 14.0 Å². The lowest BCUT2D eigenvalue weighted by molar-refractivity contribution is -0.152. The lowest BCUT2D eigenvalue weighted by Crippen LogP contribution is -2.65. The summed E-state index contributed by atoms with van der Waals surface area (Å²) in [6, 6.07) is 5.86. The van der Waals surface area contributed by atoms with Gasteiger partial charge < -0.3 is 10.2 Å². The van der Waals surface area contributed by atoms with Crippen LogP contribution in [0.5, 0.6) is 0 Å². The number of rotatable bonds is 2. The van der Waals surface area contributed by atoms with Crippen LogP contribution >= 0.6 is 0 Å². The number of piperazine rings is 1. The average Bonchev–Trinajstić information content (AvgIpc) is 2.92. The van der Waals surface area contributed by atoms with E-state index in [-0.39, 0.29) is 30.2 Å². The van der Waals surface area contributed by atoms with Gasteiger partial charge in [0.25, 0.3) is 0 Å². The number of hydrogen-bond donors (Lipinski definition) is 1. The van der Waals surface area contributed by atoms with Crippen molar-refractivity contribution in [2.45, 2.75) is 44.2 Å². The first kappa shape index (κ1) is 14.0. The molecule has 0 bridgehead atoms. The molecule has 1 aliphatic carbocycles. The minimum atomic E-state index is -0.705. The Morgan fingerprint density at radius 2 is 1.81 bits per heavy atom. The molecule has 0 aromatic heterocycles. The summed E-state index contributed by atoms with van der Waals surface area (Å²) in [6.07, 6.45) is 3.35. The number of amides is 2. The number of halogens is 1. The average molecular weight is 290 g/mol. The fraction of sp³-hybridized carbons (Fsp3) is 0.500. The highest BCUT2D eigenvalue weighted by Crippen LogP contribution is 2.36. The van der Waals surface area contributed by atoms with Gasteiger partial charge in [-0.25, -0.2) is 4.39 Å². The van der Waals surface area contributed by atoms with Gasteiger partial charge in [-0.3, -0.25) is 9.59 Å². The first-order valence-corrected chi connectivity index (χ1v) is 7.39. The van der Waals surface area contributed by atoms with Crippen LogP contribution in [0.1, 0.15) is 44.2 Å². The predicted molar refractivity (Wildman–Crippen MR) is 75.9 cm³/mol. The fourth-order valence-electron chi connectivity index (χ4n) is 3.41. The Kier molecular flexibility index (Phi) is 3.43. The predicted octanol–water partition coefficient (Wildman–Crippen LogP) is 2.16. The van der Waals surface area contributed by atoms with Gasteiger partial charge in [0.1, 0.15) is 17.9 Å². The Morgan fingerprint density at radius 3 is 2.43 bits per heavy atom. The monoisotopic (exact) mass is 290 g/mol. The molecule has 1 heterocycles. The molecule has 5 heteroatoms. The van der Waals surface area contributed by atoms with E-state index < -0.39 is 5.54 Å². The standard InChI is InChI=1S/C16H19FN2O2/c1-11(12-4-6-13(17)7-5-12)19-10-14(20)18-16(15(19)21)8-2-3-9-16/h4-7,11H,2-3,8-10H2,1H3,(H,18,20). The fourth-order valence-corrected chi connectivity index (χ4v) is 3.41. The lowest BCUT2D eigenvalue weighted by Gasteiger charge is -2.42. The minimum absolute atomic E-state index is 0.00331. The van der Waals surface area contributed by atoms with E-state index in [2.05, 4.69) is 5.32 Å². The largest absolute Gasteiger partial charge is 0.340 e. The van der Waals surface area contributed by atoms with Crippen molar-refractivity contribution in [3.63, 3.8) is 0 Å². The smallest absolute Gasteiger partial charge is 0.249 e. The Hall–Kier alpha value is -1.91. The molecule has 0 radical (unpaired) electrons. The van der Waals surface area contributed by atoms with Crippen LogP contribution in [-0.2, 0) is 9.59 Å². The molecule has 112 valence electrons. The van der Waals surface area contributed by atoms with Gasteiger partial charge in [0.15, 0.2) is 0 Å². The van der Waals surface area contributed by atoms with Gasteiger partial charge in [0.05, 0.1) is 6.04 Å². The van der Waals surface area contributed by atoms with Gasteiger partial charge in [-0.2, -0.15) is 0 Å². The van der Waals surface area contributed by atoms with Gasteiger partial charge in [-0.05, 0) is 37.5 Å². The Morgan fingerprint density at radius 1 is 1.19 bits per heavy atom. The lowest BCUT2D eigenvalue weighted by atomic mass is 9.91. The van der Waals surface area contributed by atoms with Crippen LogP contribution in [0.25, 0.3) is 0 Å². The summed E-state index contributed by atoms with van der Waals surface area (Å²) in [5.74, 6) is -0.414. The van der Waals surface area contributed by atoms with Crippen LogP contribution in [0.15, 0.2) is 24.3 Å². The number of hydrogen-bond acceptors (Lipinski definition) is 2. The van der Waals surface area contributed by atoms with E-state index >= 15 is 0 Å². The molecule has 2 aliphatic rings. The maximum atomic E-state index is 13.0. The highest BCUT2D eigenvalue weighted by atomic mass is 19.1. The highest BCUT2D eigenvalue weighted by Gasteiger charge is 2.49. The molecule has 2 fully saturated rings. The third-order valence-corrected chi connectivity index (χ3v) is 4.64. The molecule has 1 spiro atoms. The second-order valence-corrected chi connectivity index (χ2v) is 6.00. The summed E-state index contributed by atoms with van der Waals surface area (Å²) in [5, 5.41) is 2.90. The van der Waals surface area contributed by atoms with E-state index in [9.17, 15) is 14.0 Å². The SMILES string of the molecule is CC(c1ccc(F)cc1)N1CC(=O)NC2(CCCC2)C1=O. The topological polar surface area (TPSA) is 49.4 Å². The number of nitrogens with zero attached hydrogens (tertiary/aromatic N) is 1. The number of nitrogens with one attached hydrogen (secondary N) is 1. The molecule has 1 aliphatic heterocycles. The van der Waals surface area contributed by atoms with Gasteiger partial charge in [-0.15, -0.1) is 0 Å². The van der Waals surface area contributed by atoms with Crippen LogP contribution < -0.4 is 5.32 Å². The van der Waals surface area contributed by atoms with E-state index in [4.69, 9.17) is 0 Å². The van der Waals surface area contributed by atoms with Crippen LogP contribution in [0.4, 0.5) is 4.39 Å². The van der Waals surface area contributed by atoms with Crippen molar-refractivity contribution in [3.05, 3.63) is 35.6 Å². The summed E-state index contributed by atoms with van der Waals surface area (Å²) in [6.45, 7) is 1.95.